The minimum atomic E-state index is -0.247. The van der Waals surface area contributed by atoms with Gasteiger partial charge in [0.25, 0.3) is 6.71 Å². The van der Waals surface area contributed by atoms with E-state index in [2.05, 4.69) is 277 Å². The van der Waals surface area contributed by atoms with E-state index in [1.54, 1.807) is 0 Å². The van der Waals surface area contributed by atoms with Gasteiger partial charge in [-0.2, -0.15) is 0 Å². The van der Waals surface area contributed by atoms with Gasteiger partial charge in [0.2, 0.25) is 0 Å². The first-order valence-electron chi connectivity index (χ1n) is 27.4. The number of hydrogen-bond acceptors (Lipinski definition) is 4. The first-order chi connectivity index (χ1) is 36.6. The molecule has 0 saturated heterocycles. The normalized spacial score (nSPS) is 16.1. The molecule has 0 bridgehead atoms. The zero-order valence-corrected chi connectivity index (χ0v) is 45.3. The molecule has 10 aromatic rings. The number of furan rings is 1. The number of anilines is 9. The summed E-state index contributed by atoms with van der Waals surface area (Å²) in [5.41, 5.74) is 25.9. The molecule has 1 aromatic heterocycles. The van der Waals surface area contributed by atoms with Crippen LogP contribution in [0.2, 0.25) is 0 Å². The van der Waals surface area contributed by atoms with E-state index in [4.69, 9.17) is 4.42 Å². The van der Waals surface area contributed by atoms with Crippen LogP contribution in [0.5, 0.6) is 0 Å². The number of nitrogens with zero attached hydrogens (tertiary/aromatic N) is 3. The van der Waals surface area contributed by atoms with Crippen molar-refractivity contribution in [2.75, 3.05) is 14.7 Å². The van der Waals surface area contributed by atoms with Gasteiger partial charge in [-0.3, -0.25) is 0 Å². The molecule has 2 aliphatic heterocycles. The molecule has 372 valence electrons. The SMILES string of the molecule is CC(C)(C)c1ccc(N2c3cc(N(c4ccccc4)c4ccccc4)cc4c3B(c3cc5c(cc3N4c3ccccc3-c3ccccc3)C(C)(C)c3ccccc3-5)c3oc4cc5c(cc4c32)C(C)(C)CCC5(C)C)cc1. The maximum atomic E-state index is 7.76. The van der Waals surface area contributed by atoms with Crippen LogP contribution in [-0.4, -0.2) is 6.71 Å². The second-order valence-electron chi connectivity index (χ2n) is 24.8. The van der Waals surface area contributed by atoms with Crippen molar-refractivity contribution in [3.63, 3.8) is 0 Å². The van der Waals surface area contributed by atoms with E-state index in [0.717, 1.165) is 75.0 Å². The molecule has 0 fully saturated rings. The molecule has 0 saturated carbocycles. The Labute approximate surface area is 449 Å². The first-order valence-corrected chi connectivity index (χ1v) is 27.4. The minimum absolute atomic E-state index is 0.00299. The summed E-state index contributed by atoms with van der Waals surface area (Å²) in [6, 6.07) is 75.2. The van der Waals surface area contributed by atoms with E-state index < -0.39 is 0 Å². The fourth-order valence-corrected chi connectivity index (χ4v) is 13.6. The summed E-state index contributed by atoms with van der Waals surface area (Å²) >= 11 is 0. The Morgan fingerprint density at radius 2 is 1.04 bits per heavy atom. The van der Waals surface area contributed by atoms with Gasteiger partial charge in [-0.1, -0.05) is 190 Å². The molecule has 14 rings (SSSR count). The minimum Gasteiger partial charge on any atom is -0.468 e. The van der Waals surface area contributed by atoms with E-state index >= 15 is 0 Å². The summed E-state index contributed by atoms with van der Waals surface area (Å²) < 4.78 is 7.76. The van der Waals surface area contributed by atoms with Gasteiger partial charge in [0.1, 0.15) is 5.58 Å². The monoisotopic (exact) mass is 986 g/mol. The smallest absolute Gasteiger partial charge is 0.297 e. The van der Waals surface area contributed by atoms with Crippen LogP contribution in [0.1, 0.15) is 103 Å². The number of hydrogen-bond donors (Lipinski definition) is 0. The fraction of sp³-hybridized carbons (Fsp3) is 0.211. The number of benzene rings is 9. The molecule has 76 heavy (non-hydrogen) atoms. The van der Waals surface area contributed by atoms with E-state index in [1.807, 2.05) is 0 Å². The number of fused-ring (bicyclic) bond motifs is 10. The van der Waals surface area contributed by atoms with Crippen molar-refractivity contribution in [3.05, 3.63) is 228 Å². The van der Waals surface area contributed by atoms with Gasteiger partial charge in [-0.15, -0.1) is 0 Å². The lowest BCUT2D eigenvalue weighted by Crippen LogP contribution is -2.61. The van der Waals surface area contributed by atoms with E-state index in [-0.39, 0.29) is 28.4 Å². The zero-order valence-electron chi connectivity index (χ0n) is 45.3. The second kappa shape index (κ2) is 16.5. The molecule has 0 amide bonds. The lowest BCUT2D eigenvalue weighted by Gasteiger charge is -2.44. The first kappa shape index (κ1) is 46.5. The average molecular weight is 986 g/mol. The van der Waals surface area contributed by atoms with Gasteiger partial charge in [0, 0.05) is 50.5 Å². The molecule has 2 aliphatic carbocycles. The Morgan fingerprint density at radius 1 is 0.474 bits per heavy atom. The van der Waals surface area contributed by atoms with Crippen LogP contribution in [0.3, 0.4) is 0 Å². The van der Waals surface area contributed by atoms with Crippen LogP contribution in [0.15, 0.2) is 205 Å². The van der Waals surface area contributed by atoms with Crippen LogP contribution in [0, 0.1) is 0 Å². The number of para-hydroxylation sites is 3. The fourth-order valence-electron chi connectivity index (χ4n) is 13.6. The van der Waals surface area contributed by atoms with Gasteiger partial charge in [0.15, 0.2) is 0 Å². The third-order valence-corrected chi connectivity index (χ3v) is 17.8. The van der Waals surface area contributed by atoms with Crippen LogP contribution < -0.4 is 31.3 Å². The maximum absolute atomic E-state index is 7.76. The molecule has 5 heteroatoms. The Kier molecular flexibility index (Phi) is 10.1. The highest BCUT2D eigenvalue weighted by atomic mass is 16.3. The highest BCUT2D eigenvalue weighted by Gasteiger charge is 2.50. The highest BCUT2D eigenvalue weighted by molar-refractivity contribution is 7.00. The average Bonchev–Trinajstić information content (AvgIpc) is 3.99. The molecule has 4 nitrogen and oxygen atoms in total. The van der Waals surface area contributed by atoms with Gasteiger partial charge < -0.3 is 19.1 Å². The van der Waals surface area contributed by atoms with Gasteiger partial charge in [-0.05, 0) is 157 Å². The largest absolute Gasteiger partial charge is 0.468 e. The molecule has 0 radical (unpaired) electrons. The van der Waals surface area contributed by atoms with Crippen LogP contribution in [-0.2, 0) is 21.7 Å². The molecule has 0 atom stereocenters. The second-order valence-corrected chi connectivity index (χ2v) is 24.8. The standard InChI is InChI=1S/C71H64BN3O/c1-68(2,3)46-33-35-49(36-34-46)74-62-39-50(73(47-25-15-11-16-26-47)48-27-17-12-18-28-48)40-63-65(62)72(67-66(74)54-41-57-58(44-64(54)76-67)70(6,7)38-37-69(57,4)5)59-42-53-52-30-19-21-31-55(52)71(8,9)56(53)43-61(59)75(63)60-32-22-20-29-51(60)45-23-13-10-14-24-45/h10-36,39-44H,37-38H2,1-9H3. The highest BCUT2D eigenvalue weighted by Crippen LogP contribution is 2.56. The molecule has 0 unspecified atom stereocenters. The van der Waals surface area contributed by atoms with Crippen molar-refractivity contribution in [2.45, 2.75) is 96.8 Å². The summed E-state index contributed by atoms with van der Waals surface area (Å²) in [5, 5.41) is 1.16. The van der Waals surface area contributed by atoms with Crippen LogP contribution in [0.25, 0.3) is 33.2 Å². The lowest BCUT2D eigenvalue weighted by atomic mass is 9.35. The Hall–Kier alpha value is -8.02. The number of rotatable bonds is 6. The third-order valence-electron chi connectivity index (χ3n) is 17.8. The van der Waals surface area contributed by atoms with Gasteiger partial charge in [-0.25, -0.2) is 0 Å². The van der Waals surface area contributed by atoms with Crippen molar-refractivity contribution in [1.29, 1.82) is 0 Å². The van der Waals surface area contributed by atoms with Crippen LogP contribution in [0.4, 0.5) is 51.2 Å². The summed E-state index contributed by atoms with van der Waals surface area (Å²) in [6.45, 7) is 21.2. The maximum Gasteiger partial charge on any atom is 0.297 e. The predicted octanol–water partition coefficient (Wildman–Crippen LogP) is 17.6. The summed E-state index contributed by atoms with van der Waals surface area (Å²) in [4.78, 5) is 7.63. The summed E-state index contributed by atoms with van der Waals surface area (Å²) in [5.74, 6) is 0. The van der Waals surface area contributed by atoms with E-state index in [0.29, 0.717) is 0 Å². The Bertz CT molecular complexity index is 3920. The topological polar surface area (TPSA) is 22.9 Å². The van der Waals surface area contributed by atoms with Gasteiger partial charge in [0.05, 0.1) is 22.7 Å². The van der Waals surface area contributed by atoms with Crippen molar-refractivity contribution in [3.8, 4) is 22.3 Å². The van der Waals surface area contributed by atoms with Crippen molar-refractivity contribution >= 4 is 85.5 Å². The molecule has 0 N–H and O–H groups in total. The zero-order chi connectivity index (χ0) is 52.0. The van der Waals surface area contributed by atoms with Crippen molar-refractivity contribution < 1.29 is 4.42 Å². The Balaban J connectivity index is 1.16. The molecular formula is C71H64BN3O. The molecule has 3 heterocycles. The van der Waals surface area contributed by atoms with E-state index in [9.17, 15) is 0 Å². The Morgan fingerprint density at radius 3 is 1.68 bits per heavy atom. The molecule has 9 aromatic carbocycles. The third kappa shape index (κ3) is 6.90. The van der Waals surface area contributed by atoms with Crippen LogP contribution >= 0.6 is 0 Å². The van der Waals surface area contributed by atoms with Gasteiger partial charge >= 0.3 is 0 Å². The molecule has 0 spiro atoms. The van der Waals surface area contributed by atoms with E-state index in [1.165, 1.54) is 66.7 Å². The molecular weight excluding hydrogens is 922 g/mol. The van der Waals surface area contributed by atoms with Crippen molar-refractivity contribution in [2.24, 2.45) is 0 Å². The summed E-state index contributed by atoms with van der Waals surface area (Å²) in [7, 11) is 0. The quantitative estimate of drug-likeness (QED) is 0.155. The lowest BCUT2D eigenvalue weighted by molar-refractivity contribution is 0.332. The predicted molar refractivity (Wildman–Crippen MR) is 322 cm³/mol. The van der Waals surface area contributed by atoms with Crippen molar-refractivity contribution in [1.82, 2.24) is 0 Å². The summed E-state index contributed by atoms with van der Waals surface area (Å²) in [6.07, 6.45) is 2.25. The molecule has 4 aliphatic rings.